The Bertz CT molecular complexity index is 149. The molecule has 0 saturated carbocycles. The molecule has 1 N–H and O–H groups in total. The molecule has 0 aliphatic heterocycles. The molecule has 1 atom stereocenters. The number of carboxylic acid groups (broad SMARTS) is 1. The average molecular weight is 190 g/mol. The number of hydrogen-bond acceptors (Lipinski definition) is 2. The third-order valence-electron chi connectivity index (χ3n) is 1.58. The number of thioether (sulfide) groups is 1. The van der Waals surface area contributed by atoms with E-state index >= 15 is 0 Å². The molecule has 0 fully saturated rings. The Balaban J connectivity index is 4.05. The molecule has 0 radical (unpaired) electrons. The molecule has 3 heteroatoms. The molecule has 2 nitrogen and oxygen atoms in total. The van der Waals surface area contributed by atoms with E-state index in [4.69, 9.17) is 5.11 Å². The van der Waals surface area contributed by atoms with E-state index in [1.54, 1.807) is 11.8 Å². The zero-order valence-corrected chi connectivity index (χ0v) is 9.07. The van der Waals surface area contributed by atoms with Crippen molar-refractivity contribution in [2.45, 2.75) is 27.2 Å². The summed E-state index contributed by atoms with van der Waals surface area (Å²) >= 11 is 1.60. The van der Waals surface area contributed by atoms with Gasteiger partial charge in [-0.3, -0.25) is 4.79 Å². The van der Waals surface area contributed by atoms with Gasteiger partial charge in [-0.1, -0.05) is 20.8 Å². The summed E-state index contributed by atoms with van der Waals surface area (Å²) in [5.41, 5.74) is 0.110. The van der Waals surface area contributed by atoms with Crippen LogP contribution in [0.2, 0.25) is 0 Å². The largest absolute Gasteiger partial charge is 0.481 e. The van der Waals surface area contributed by atoms with Crippen molar-refractivity contribution in [1.82, 2.24) is 0 Å². The van der Waals surface area contributed by atoms with Gasteiger partial charge in [0.2, 0.25) is 0 Å². The van der Waals surface area contributed by atoms with Crippen LogP contribution in [0.4, 0.5) is 0 Å². The predicted octanol–water partition coefficient (Wildman–Crippen LogP) is 2.49. The van der Waals surface area contributed by atoms with Gasteiger partial charge in [-0.05, 0) is 18.1 Å². The van der Waals surface area contributed by atoms with Crippen LogP contribution in [0.5, 0.6) is 0 Å². The van der Waals surface area contributed by atoms with Crippen LogP contribution in [-0.4, -0.2) is 23.1 Å². The smallest absolute Gasteiger partial charge is 0.307 e. The first-order valence-electron chi connectivity index (χ1n) is 4.08. The second kappa shape index (κ2) is 4.75. The second-order valence-electron chi connectivity index (χ2n) is 4.26. The maximum atomic E-state index is 10.8. The summed E-state index contributed by atoms with van der Waals surface area (Å²) in [6.45, 7) is 6.22. The lowest BCUT2D eigenvalue weighted by Gasteiger charge is -2.22. The third kappa shape index (κ3) is 5.47. The standard InChI is InChI=1S/C9H18O2S/c1-9(2,3)5-7(6-12-4)8(10)11/h7H,5-6H2,1-4H3,(H,10,11). The van der Waals surface area contributed by atoms with E-state index in [9.17, 15) is 4.79 Å². The molecule has 0 aromatic carbocycles. The average Bonchev–Trinajstić information content (AvgIpc) is 1.83. The Morgan fingerprint density at radius 1 is 1.50 bits per heavy atom. The lowest BCUT2D eigenvalue weighted by molar-refractivity contribution is -0.141. The molecule has 0 aromatic rings. The van der Waals surface area contributed by atoms with Gasteiger partial charge in [0.15, 0.2) is 0 Å². The van der Waals surface area contributed by atoms with Crippen molar-refractivity contribution in [3.8, 4) is 0 Å². The summed E-state index contributed by atoms with van der Waals surface area (Å²) in [4.78, 5) is 10.8. The quantitative estimate of drug-likeness (QED) is 0.740. The molecule has 0 heterocycles. The molecule has 0 spiro atoms. The first-order chi connectivity index (χ1) is 5.37. The molecule has 0 bridgehead atoms. The van der Waals surface area contributed by atoms with Gasteiger partial charge in [-0.15, -0.1) is 0 Å². The van der Waals surface area contributed by atoms with Crippen LogP contribution in [0.15, 0.2) is 0 Å². The van der Waals surface area contributed by atoms with Gasteiger partial charge < -0.3 is 5.11 Å². The van der Waals surface area contributed by atoms with E-state index < -0.39 is 5.97 Å². The zero-order chi connectivity index (χ0) is 9.78. The van der Waals surface area contributed by atoms with Crippen LogP contribution in [-0.2, 0) is 4.79 Å². The minimum absolute atomic E-state index is 0.110. The van der Waals surface area contributed by atoms with E-state index in [1.807, 2.05) is 6.26 Å². The Hall–Kier alpha value is -0.180. The Labute approximate surface area is 78.7 Å². The predicted molar refractivity (Wildman–Crippen MR) is 53.6 cm³/mol. The minimum Gasteiger partial charge on any atom is -0.481 e. The van der Waals surface area contributed by atoms with Gasteiger partial charge in [0.25, 0.3) is 0 Å². The molecule has 0 rings (SSSR count). The Morgan fingerprint density at radius 3 is 2.25 bits per heavy atom. The minimum atomic E-state index is -0.667. The fraction of sp³-hybridized carbons (Fsp3) is 0.889. The number of carboxylic acids is 1. The topological polar surface area (TPSA) is 37.3 Å². The van der Waals surface area contributed by atoms with Crippen molar-refractivity contribution in [2.24, 2.45) is 11.3 Å². The molecule has 0 aromatic heterocycles. The monoisotopic (exact) mass is 190 g/mol. The van der Waals surface area contributed by atoms with E-state index in [-0.39, 0.29) is 11.3 Å². The first-order valence-corrected chi connectivity index (χ1v) is 5.48. The van der Waals surface area contributed by atoms with Crippen molar-refractivity contribution < 1.29 is 9.90 Å². The van der Waals surface area contributed by atoms with E-state index in [2.05, 4.69) is 20.8 Å². The Morgan fingerprint density at radius 2 is 2.00 bits per heavy atom. The highest BCUT2D eigenvalue weighted by Crippen LogP contribution is 2.26. The first kappa shape index (κ1) is 11.8. The highest BCUT2D eigenvalue weighted by atomic mass is 32.2. The summed E-state index contributed by atoms with van der Waals surface area (Å²) in [5.74, 6) is -0.147. The molecular weight excluding hydrogens is 172 g/mol. The number of aliphatic carboxylic acids is 1. The lowest BCUT2D eigenvalue weighted by Crippen LogP contribution is -2.22. The van der Waals surface area contributed by atoms with Gasteiger partial charge in [0, 0.05) is 5.75 Å². The summed E-state index contributed by atoms with van der Waals surface area (Å²) < 4.78 is 0. The third-order valence-corrected chi connectivity index (χ3v) is 2.31. The number of rotatable bonds is 4. The van der Waals surface area contributed by atoms with Crippen molar-refractivity contribution in [3.05, 3.63) is 0 Å². The second-order valence-corrected chi connectivity index (χ2v) is 5.17. The van der Waals surface area contributed by atoms with Crippen LogP contribution in [0.1, 0.15) is 27.2 Å². The van der Waals surface area contributed by atoms with Crippen molar-refractivity contribution in [1.29, 1.82) is 0 Å². The lowest BCUT2D eigenvalue weighted by atomic mass is 9.85. The van der Waals surface area contributed by atoms with Gasteiger partial charge in [-0.2, -0.15) is 11.8 Å². The highest BCUT2D eigenvalue weighted by molar-refractivity contribution is 7.98. The molecule has 0 aliphatic rings. The van der Waals surface area contributed by atoms with Gasteiger partial charge in [0.1, 0.15) is 0 Å². The number of carbonyl (C=O) groups is 1. The molecule has 0 saturated heterocycles. The van der Waals surface area contributed by atoms with Gasteiger partial charge >= 0.3 is 5.97 Å². The van der Waals surface area contributed by atoms with Crippen molar-refractivity contribution in [2.75, 3.05) is 12.0 Å². The fourth-order valence-electron chi connectivity index (χ4n) is 1.16. The maximum absolute atomic E-state index is 10.8. The van der Waals surface area contributed by atoms with E-state index in [0.29, 0.717) is 5.75 Å². The van der Waals surface area contributed by atoms with Gasteiger partial charge in [-0.25, -0.2) is 0 Å². The summed E-state index contributed by atoms with van der Waals surface area (Å²) in [7, 11) is 0. The fourth-order valence-corrected chi connectivity index (χ4v) is 1.82. The van der Waals surface area contributed by atoms with Crippen LogP contribution >= 0.6 is 11.8 Å². The van der Waals surface area contributed by atoms with Crippen LogP contribution in [0.3, 0.4) is 0 Å². The van der Waals surface area contributed by atoms with Crippen molar-refractivity contribution in [3.63, 3.8) is 0 Å². The molecule has 0 amide bonds. The maximum Gasteiger partial charge on any atom is 0.307 e. The molecule has 12 heavy (non-hydrogen) atoms. The summed E-state index contributed by atoms with van der Waals surface area (Å²) in [6.07, 6.45) is 2.70. The summed E-state index contributed by atoms with van der Waals surface area (Å²) in [6, 6.07) is 0. The van der Waals surface area contributed by atoms with Crippen LogP contribution in [0.25, 0.3) is 0 Å². The molecule has 1 unspecified atom stereocenters. The van der Waals surface area contributed by atoms with E-state index in [1.165, 1.54) is 0 Å². The molecule has 72 valence electrons. The number of hydrogen-bond donors (Lipinski definition) is 1. The van der Waals surface area contributed by atoms with Crippen molar-refractivity contribution >= 4 is 17.7 Å². The Kier molecular flexibility index (Phi) is 4.68. The van der Waals surface area contributed by atoms with Crippen LogP contribution < -0.4 is 0 Å². The zero-order valence-electron chi connectivity index (χ0n) is 8.26. The highest BCUT2D eigenvalue weighted by Gasteiger charge is 2.23. The van der Waals surface area contributed by atoms with Gasteiger partial charge in [0.05, 0.1) is 5.92 Å². The molecular formula is C9H18O2S. The van der Waals surface area contributed by atoms with E-state index in [0.717, 1.165) is 6.42 Å². The molecule has 0 aliphatic carbocycles. The summed E-state index contributed by atoms with van der Waals surface area (Å²) in [5, 5.41) is 8.85. The van der Waals surface area contributed by atoms with Crippen LogP contribution in [0, 0.1) is 11.3 Å². The normalized spacial score (nSPS) is 14.3. The SMILES string of the molecule is CSCC(CC(C)(C)C)C(=O)O.